The van der Waals surface area contributed by atoms with E-state index in [1.165, 1.54) is 0 Å². The molecule has 126 valence electrons. The van der Waals surface area contributed by atoms with E-state index in [0.29, 0.717) is 13.0 Å². The van der Waals surface area contributed by atoms with Gasteiger partial charge in [0, 0.05) is 12.6 Å². The molecule has 0 aliphatic carbocycles. The third-order valence-corrected chi connectivity index (χ3v) is 4.21. The minimum absolute atomic E-state index is 0.105. The van der Waals surface area contributed by atoms with Gasteiger partial charge in [0.1, 0.15) is 18.1 Å². The molecule has 0 spiro atoms. The highest BCUT2D eigenvalue weighted by Gasteiger charge is 2.26. The first-order chi connectivity index (χ1) is 11.7. The van der Waals surface area contributed by atoms with Crippen LogP contribution >= 0.6 is 0 Å². The van der Waals surface area contributed by atoms with Crippen molar-refractivity contribution in [1.29, 1.82) is 0 Å². The molecule has 1 amide bonds. The Kier molecular flexibility index (Phi) is 5.01. The molecule has 0 aromatic heterocycles. The van der Waals surface area contributed by atoms with Gasteiger partial charge in [0.15, 0.2) is 0 Å². The van der Waals surface area contributed by atoms with Crippen LogP contribution in [0.5, 0.6) is 11.5 Å². The summed E-state index contributed by atoms with van der Waals surface area (Å²) < 4.78 is 10.9. The van der Waals surface area contributed by atoms with Gasteiger partial charge in [-0.3, -0.25) is 4.79 Å². The van der Waals surface area contributed by atoms with Crippen LogP contribution in [0.25, 0.3) is 0 Å². The lowest BCUT2D eigenvalue weighted by Gasteiger charge is -2.25. The summed E-state index contributed by atoms with van der Waals surface area (Å²) in [6, 6.07) is 14.9. The van der Waals surface area contributed by atoms with Gasteiger partial charge in [0.2, 0.25) is 5.91 Å². The molecule has 5 nitrogen and oxygen atoms in total. The lowest BCUT2D eigenvalue weighted by atomic mass is 9.95. The molecule has 0 radical (unpaired) electrons. The molecular formula is C19H21NO4. The molecule has 2 aromatic rings. The topological polar surface area (TPSA) is 67.8 Å². The molecule has 2 N–H and O–H groups in total. The monoisotopic (exact) mass is 327 g/mol. The van der Waals surface area contributed by atoms with Crippen molar-refractivity contribution in [3.05, 3.63) is 59.7 Å². The van der Waals surface area contributed by atoms with Crippen molar-refractivity contribution < 1.29 is 19.4 Å². The van der Waals surface area contributed by atoms with Crippen LogP contribution in [0.4, 0.5) is 0 Å². The van der Waals surface area contributed by atoms with E-state index in [0.717, 1.165) is 22.6 Å². The second-order valence-electron chi connectivity index (χ2n) is 5.86. The van der Waals surface area contributed by atoms with Gasteiger partial charge in [-0.25, -0.2) is 0 Å². The van der Waals surface area contributed by atoms with Gasteiger partial charge in [-0.2, -0.15) is 0 Å². The number of hydrogen-bond donors (Lipinski definition) is 2. The summed E-state index contributed by atoms with van der Waals surface area (Å²) in [5.74, 6) is 1.14. The van der Waals surface area contributed by atoms with E-state index in [9.17, 15) is 9.90 Å². The Hall–Kier alpha value is -2.53. The van der Waals surface area contributed by atoms with Crippen molar-refractivity contribution in [2.45, 2.75) is 12.5 Å². The van der Waals surface area contributed by atoms with E-state index in [2.05, 4.69) is 5.32 Å². The Bertz CT molecular complexity index is 702. The number of benzene rings is 2. The fraction of sp³-hybridized carbons (Fsp3) is 0.316. The van der Waals surface area contributed by atoms with Crippen LogP contribution in [-0.2, 0) is 11.2 Å². The minimum atomic E-state index is -0.712. The largest absolute Gasteiger partial charge is 0.497 e. The number of carbonyl (C=O) groups excluding carboxylic acids is 1. The molecule has 5 heteroatoms. The maximum atomic E-state index is 12.3. The smallest absolute Gasteiger partial charge is 0.226 e. The zero-order chi connectivity index (χ0) is 16.9. The summed E-state index contributed by atoms with van der Waals surface area (Å²) in [5.41, 5.74) is 1.78. The van der Waals surface area contributed by atoms with Gasteiger partial charge in [-0.05, 0) is 23.6 Å². The number of nitrogens with one attached hydrogen (secondary N) is 1. The zero-order valence-electron chi connectivity index (χ0n) is 13.6. The second kappa shape index (κ2) is 7.36. The maximum absolute atomic E-state index is 12.3. The first kappa shape index (κ1) is 16.3. The van der Waals surface area contributed by atoms with Crippen LogP contribution in [0.3, 0.4) is 0 Å². The molecule has 2 aromatic carbocycles. The molecule has 24 heavy (non-hydrogen) atoms. The molecule has 1 heterocycles. The van der Waals surface area contributed by atoms with E-state index >= 15 is 0 Å². The van der Waals surface area contributed by atoms with Gasteiger partial charge in [-0.1, -0.05) is 36.4 Å². The third-order valence-electron chi connectivity index (χ3n) is 4.21. The van der Waals surface area contributed by atoms with Crippen LogP contribution in [-0.4, -0.2) is 31.3 Å². The lowest BCUT2D eigenvalue weighted by Crippen LogP contribution is -2.39. The van der Waals surface area contributed by atoms with Crippen molar-refractivity contribution in [3.8, 4) is 11.5 Å². The summed E-state index contributed by atoms with van der Waals surface area (Å²) in [7, 11) is 1.61. The Morgan fingerprint density at radius 1 is 1.33 bits per heavy atom. The quantitative estimate of drug-likeness (QED) is 0.882. The van der Waals surface area contributed by atoms with Crippen LogP contribution in [0.15, 0.2) is 48.5 Å². The van der Waals surface area contributed by atoms with Gasteiger partial charge in [0.25, 0.3) is 0 Å². The number of ether oxygens (including phenoxy) is 2. The number of amides is 1. The van der Waals surface area contributed by atoms with Crippen LogP contribution in [0, 0.1) is 5.92 Å². The number of hydrogen-bond acceptors (Lipinski definition) is 4. The van der Waals surface area contributed by atoms with Crippen LogP contribution in [0.2, 0.25) is 0 Å². The third kappa shape index (κ3) is 3.68. The van der Waals surface area contributed by atoms with Gasteiger partial charge in [0.05, 0.1) is 19.1 Å². The Labute approximate surface area is 141 Å². The van der Waals surface area contributed by atoms with Crippen molar-refractivity contribution in [1.82, 2.24) is 5.32 Å². The maximum Gasteiger partial charge on any atom is 0.226 e. The SMILES string of the molecule is COc1ccc2c(c1)OCC(C(=O)NCC(O)c1ccccc1)C2. The predicted octanol–water partition coefficient (Wildman–Crippen LogP) is 2.10. The number of rotatable bonds is 5. The average Bonchev–Trinajstić information content (AvgIpc) is 2.65. The molecule has 0 fully saturated rings. The highest BCUT2D eigenvalue weighted by Crippen LogP contribution is 2.31. The zero-order valence-corrected chi connectivity index (χ0v) is 13.6. The fourth-order valence-electron chi connectivity index (χ4n) is 2.78. The number of aliphatic hydroxyl groups is 1. The van der Waals surface area contributed by atoms with E-state index in [1.807, 2.05) is 48.5 Å². The second-order valence-corrected chi connectivity index (χ2v) is 5.86. The number of carbonyl (C=O) groups is 1. The molecule has 1 aliphatic rings. The Balaban J connectivity index is 1.56. The van der Waals surface area contributed by atoms with E-state index in [4.69, 9.17) is 9.47 Å². The molecule has 2 unspecified atom stereocenters. The fourth-order valence-corrected chi connectivity index (χ4v) is 2.78. The molecule has 3 rings (SSSR count). The number of methoxy groups -OCH3 is 1. The molecule has 0 saturated carbocycles. The number of aliphatic hydroxyl groups excluding tert-OH is 1. The summed E-state index contributed by atoms with van der Waals surface area (Å²) >= 11 is 0. The van der Waals surface area contributed by atoms with Gasteiger partial charge >= 0.3 is 0 Å². The predicted molar refractivity (Wildman–Crippen MR) is 90.1 cm³/mol. The summed E-state index contributed by atoms with van der Waals surface area (Å²) in [6.45, 7) is 0.516. The molecule has 0 saturated heterocycles. The number of fused-ring (bicyclic) bond motifs is 1. The van der Waals surface area contributed by atoms with E-state index < -0.39 is 6.10 Å². The summed E-state index contributed by atoms with van der Waals surface area (Å²) in [6.07, 6.45) is -0.0942. The average molecular weight is 327 g/mol. The highest BCUT2D eigenvalue weighted by molar-refractivity contribution is 5.79. The van der Waals surface area contributed by atoms with Gasteiger partial charge in [-0.15, -0.1) is 0 Å². The molecule has 1 aliphatic heterocycles. The van der Waals surface area contributed by atoms with Crippen molar-refractivity contribution in [2.75, 3.05) is 20.3 Å². The lowest BCUT2D eigenvalue weighted by molar-refractivity contribution is -0.126. The standard InChI is InChI=1S/C19H21NO4/c1-23-16-8-7-14-9-15(12-24-18(14)10-16)19(22)20-11-17(21)13-5-3-2-4-6-13/h2-8,10,15,17,21H,9,11-12H2,1H3,(H,20,22). The Morgan fingerprint density at radius 2 is 2.12 bits per heavy atom. The summed E-state index contributed by atoms with van der Waals surface area (Å²) in [5, 5.41) is 12.9. The first-order valence-electron chi connectivity index (χ1n) is 7.98. The normalized spacial score (nSPS) is 17.3. The van der Waals surface area contributed by atoms with Crippen molar-refractivity contribution >= 4 is 5.91 Å². The molecule has 0 bridgehead atoms. The molecule has 2 atom stereocenters. The van der Waals surface area contributed by atoms with Crippen LogP contribution < -0.4 is 14.8 Å². The highest BCUT2D eigenvalue weighted by atomic mass is 16.5. The first-order valence-corrected chi connectivity index (χ1v) is 7.98. The minimum Gasteiger partial charge on any atom is -0.497 e. The Morgan fingerprint density at radius 3 is 2.88 bits per heavy atom. The van der Waals surface area contributed by atoms with Gasteiger partial charge < -0.3 is 19.9 Å². The summed E-state index contributed by atoms with van der Waals surface area (Å²) in [4.78, 5) is 12.3. The molecular weight excluding hydrogens is 306 g/mol. The van der Waals surface area contributed by atoms with E-state index in [1.54, 1.807) is 7.11 Å². The van der Waals surface area contributed by atoms with Crippen LogP contribution in [0.1, 0.15) is 17.2 Å². The van der Waals surface area contributed by atoms with E-state index in [-0.39, 0.29) is 18.4 Å². The van der Waals surface area contributed by atoms with Crippen molar-refractivity contribution in [2.24, 2.45) is 5.92 Å². The van der Waals surface area contributed by atoms with Crippen molar-refractivity contribution in [3.63, 3.8) is 0 Å².